The van der Waals surface area contributed by atoms with Gasteiger partial charge in [0.15, 0.2) is 11.5 Å². The number of nitrogens with one attached hydrogen (secondary N) is 1. The third-order valence-corrected chi connectivity index (χ3v) is 7.21. The monoisotopic (exact) mass is 481 g/mol. The summed E-state index contributed by atoms with van der Waals surface area (Å²) in [6, 6.07) is 13.1. The number of amides is 3. The maximum absolute atomic E-state index is 13.0. The van der Waals surface area contributed by atoms with E-state index in [1.807, 2.05) is 52.3 Å². The molecule has 2 fully saturated rings. The molecule has 2 unspecified atom stereocenters. The van der Waals surface area contributed by atoms with E-state index in [0.29, 0.717) is 56.6 Å². The zero-order chi connectivity index (χ0) is 24.8. The Kier molecular flexibility index (Phi) is 8.00. The van der Waals surface area contributed by atoms with Gasteiger partial charge in [0, 0.05) is 38.3 Å². The van der Waals surface area contributed by atoms with Crippen LogP contribution in [0.1, 0.15) is 24.8 Å². The van der Waals surface area contributed by atoms with Crippen LogP contribution in [-0.4, -0.2) is 69.2 Å². The molecule has 2 aliphatic rings. The zero-order valence-electron chi connectivity index (χ0n) is 20.8. The molecule has 2 heterocycles. The van der Waals surface area contributed by atoms with Gasteiger partial charge in [0.05, 0.1) is 21.3 Å². The summed E-state index contributed by atoms with van der Waals surface area (Å²) in [5, 5.41) is 2.98. The smallest absolute Gasteiger partial charge is 0.321 e. The van der Waals surface area contributed by atoms with Crippen LogP contribution < -0.4 is 19.5 Å². The molecule has 2 aliphatic heterocycles. The first-order valence-electron chi connectivity index (χ1n) is 12.2. The highest BCUT2D eigenvalue weighted by Gasteiger charge is 2.36. The van der Waals surface area contributed by atoms with E-state index in [2.05, 4.69) is 5.32 Å². The van der Waals surface area contributed by atoms with Crippen molar-refractivity contribution in [1.82, 2.24) is 9.80 Å². The van der Waals surface area contributed by atoms with Crippen LogP contribution in [0.25, 0.3) is 0 Å². The Labute approximate surface area is 207 Å². The SMILES string of the molecule is COc1ccc(NC(=O)N2CCC3CC(=O)N(CCc4cccc(OC)c4OC)CCC3C2)cc1. The molecule has 0 bridgehead atoms. The van der Waals surface area contributed by atoms with Crippen molar-refractivity contribution in [3.8, 4) is 17.2 Å². The van der Waals surface area contributed by atoms with E-state index in [1.165, 1.54) is 0 Å². The van der Waals surface area contributed by atoms with Gasteiger partial charge in [-0.25, -0.2) is 4.79 Å². The second kappa shape index (κ2) is 11.3. The van der Waals surface area contributed by atoms with Crippen LogP contribution in [0.4, 0.5) is 10.5 Å². The minimum atomic E-state index is -0.0915. The number of piperidine rings is 1. The molecule has 0 spiro atoms. The lowest BCUT2D eigenvalue weighted by atomic mass is 9.82. The van der Waals surface area contributed by atoms with Gasteiger partial charge in [-0.1, -0.05) is 12.1 Å². The molecule has 4 rings (SSSR count). The summed E-state index contributed by atoms with van der Waals surface area (Å²) in [7, 11) is 4.88. The number of anilines is 1. The fourth-order valence-electron chi connectivity index (χ4n) is 5.18. The highest BCUT2D eigenvalue weighted by molar-refractivity contribution is 5.89. The zero-order valence-corrected chi connectivity index (χ0v) is 20.8. The van der Waals surface area contributed by atoms with E-state index in [0.717, 1.165) is 35.6 Å². The summed E-state index contributed by atoms with van der Waals surface area (Å²) >= 11 is 0. The predicted octanol–water partition coefficient (Wildman–Crippen LogP) is 4.05. The number of hydrogen-bond donors (Lipinski definition) is 1. The van der Waals surface area contributed by atoms with Crippen LogP contribution >= 0.6 is 0 Å². The maximum atomic E-state index is 13.0. The van der Waals surface area contributed by atoms with Gasteiger partial charge < -0.3 is 29.3 Å². The summed E-state index contributed by atoms with van der Waals surface area (Å²) < 4.78 is 16.1. The van der Waals surface area contributed by atoms with Gasteiger partial charge in [-0.15, -0.1) is 0 Å². The van der Waals surface area contributed by atoms with Gasteiger partial charge in [-0.2, -0.15) is 0 Å². The minimum absolute atomic E-state index is 0.0915. The maximum Gasteiger partial charge on any atom is 0.321 e. The summed E-state index contributed by atoms with van der Waals surface area (Å²) in [6.07, 6.45) is 3.01. The number of fused-ring (bicyclic) bond motifs is 1. The Morgan fingerprint density at radius 2 is 1.74 bits per heavy atom. The molecule has 0 aliphatic carbocycles. The van der Waals surface area contributed by atoms with Crippen molar-refractivity contribution >= 4 is 17.6 Å². The van der Waals surface area contributed by atoms with E-state index in [9.17, 15) is 9.59 Å². The third kappa shape index (κ3) is 5.81. The Bertz CT molecular complexity index is 1030. The first-order chi connectivity index (χ1) is 17.0. The van der Waals surface area contributed by atoms with Crippen molar-refractivity contribution in [2.24, 2.45) is 11.8 Å². The van der Waals surface area contributed by atoms with E-state index < -0.39 is 0 Å². The van der Waals surface area contributed by atoms with Gasteiger partial charge >= 0.3 is 6.03 Å². The van der Waals surface area contributed by atoms with Gasteiger partial charge in [-0.05, 0) is 67.0 Å². The summed E-state index contributed by atoms with van der Waals surface area (Å²) in [5.41, 5.74) is 1.77. The lowest BCUT2D eigenvalue weighted by molar-refractivity contribution is -0.131. The number of hydrogen-bond acceptors (Lipinski definition) is 5. The van der Waals surface area contributed by atoms with Gasteiger partial charge in [-0.3, -0.25) is 4.79 Å². The number of rotatable bonds is 7. The highest BCUT2D eigenvalue weighted by Crippen LogP contribution is 2.34. The molecule has 8 heteroatoms. The molecule has 2 saturated heterocycles. The average molecular weight is 482 g/mol. The Morgan fingerprint density at radius 1 is 0.971 bits per heavy atom. The molecule has 1 N–H and O–H groups in total. The first kappa shape index (κ1) is 24.7. The van der Waals surface area contributed by atoms with Crippen LogP contribution in [0.5, 0.6) is 17.2 Å². The molecule has 8 nitrogen and oxygen atoms in total. The van der Waals surface area contributed by atoms with Crippen molar-refractivity contribution in [2.75, 3.05) is 52.8 Å². The Balaban J connectivity index is 1.33. The Hall–Kier alpha value is -3.42. The molecule has 2 aromatic carbocycles. The van der Waals surface area contributed by atoms with Gasteiger partial charge in [0.2, 0.25) is 5.91 Å². The minimum Gasteiger partial charge on any atom is -0.497 e. The summed E-state index contributed by atoms with van der Waals surface area (Å²) in [5.74, 6) is 3.03. The molecular weight excluding hydrogens is 446 g/mol. The number of carbonyl (C=O) groups is 2. The summed E-state index contributed by atoms with van der Waals surface area (Å²) in [4.78, 5) is 29.8. The van der Waals surface area contributed by atoms with Crippen LogP contribution in [-0.2, 0) is 11.2 Å². The summed E-state index contributed by atoms with van der Waals surface area (Å²) in [6.45, 7) is 2.69. The predicted molar refractivity (Wildman–Crippen MR) is 134 cm³/mol. The fraction of sp³-hybridized carbons (Fsp3) is 0.481. The normalized spacial score (nSPS) is 20.0. The van der Waals surface area contributed by atoms with Crippen molar-refractivity contribution in [2.45, 2.75) is 25.7 Å². The average Bonchev–Trinajstić information content (AvgIpc) is 3.04. The molecular formula is C27H35N3O5. The van der Waals surface area contributed by atoms with E-state index in [4.69, 9.17) is 14.2 Å². The lowest BCUT2D eigenvalue weighted by Gasteiger charge is -2.37. The number of likely N-dealkylation sites (tertiary alicyclic amines) is 2. The molecule has 2 atom stereocenters. The van der Waals surface area contributed by atoms with Crippen molar-refractivity contribution in [3.63, 3.8) is 0 Å². The number of ether oxygens (including phenoxy) is 3. The first-order valence-corrected chi connectivity index (χ1v) is 12.2. The second-order valence-corrected chi connectivity index (χ2v) is 9.19. The third-order valence-electron chi connectivity index (χ3n) is 7.21. The molecule has 0 saturated carbocycles. The molecule has 3 amide bonds. The van der Waals surface area contributed by atoms with Gasteiger partial charge in [0.1, 0.15) is 5.75 Å². The topological polar surface area (TPSA) is 80.3 Å². The van der Waals surface area contributed by atoms with Crippen LogP contribution in [0.3, 0.4) is 0 Å². The number of urea groups is 1. The van der Waals surface area contributed by atoms with Crippen LogP contribution in [0, 0.1) is 11.8 Å². The van der Waals surface area contributed by atoms with Crippen molar-refractivity contribution < 1.29 is 23.8 Å². The largest absolute Gasteiger partial charge is 0.497 e. The van der Waals surface area contributed by atoms with E-state index in [-0.39, 0.29) is 11.9 Å². The van der Waals surface area contributed by atoms with Crippen LogP contribution in [0.15, 0.2) is 42.5 Å². The van der Waals surface area contributed by atoms with Crippen molar-refractivity contribution in [3.05, 3.63) is 48.0 Å². The number of para-hydroxylation sites is 1. The van der Waals surface area contributed by atoms with Crippen molar-refractivity contribution in [1.29, 1.82) is 0 Å². The van der Waals surface area contributed by atoms with E-state index in [1.54, 1.807) is 21.3 Å². The molecule has 188 valence electrons. The number of benzene rings is 2. The molecule has 2 aromatic rings. The van der Waals surface area contributed by atoms with E-state index >= 15 is 0 Å². The number of carbonyl (C=O) groups excluding carboxylic acids is 2. The number of nitrogens with zero attached hydrogens (tertiary/aromatic N) is 2. The highest BCUT2D eigenvalue weighted by atomic mass is 16.5. The molecule has 0 aromatic heterocycles. The van der Waals surface area contributed by atoms with Gasteiger partial charge in [0.25, 0.3) is 0 Å². The lowest BCUT2D eigenvalue weighted by Crippen LogP contribution is -2.45. The standard InChI is InChI=1S/C27H35N3O5/c1-33-23-9-7-22(8-10-23)28-27(32)30-16-12-20-17-25(31)29(15-13-21(20)18-30)14-11-19-5-4-6-24(34-2)26(19)35-3/h4-10,20-21H,11-18H2,1-3H3,(H,28,32). The quantitative estimate of drug-likeness (QED) is 0.646. The molecule has 0 radical (unpaired) electrons. The fourth-order valence-corrected chi connectivity index (χ4v) is 5.18. The Morgan fingerprint density at radius 3 is 2.46 bits per heavy atom. The number of methoxy groups -OCH3 is 3. The second-order valence-electron chi connectivity index (χ2n) is 9.19. The van der Waals surface area contributed by atoms with Crippen LogP contribution in [0.2, 0.25) is 0 Å². The molecule has 35 heavy (non-hydrogen) atoms.